The number of likely N-dealkylation sites (N-methyl/N-ethyl adjacent to an activating group) is 1. The topological polar surface area (TPSA) is 75.7 Å². The molecule has 0 fully saturated rings. The average molecular weight is 364 g/mol. The number of benzene rings is 2. The molecule has 0 radical (unpaired) electrons. The third-order valence-electron chi connectivity index (χ3n) is 3.92. The maximum absolute atomic E-state index is 13.9. The van der Waals surface area contributed by atoms with Gasteiger partial charge in [-0.25, -0.2) is 12.8 Å². The fraction of sp³-hybridized carbons (Fsp3) is 0.235. The summed E-state index contributed by atoms with van der Waals surface area (Å²) in [4.78, 5) is 13.0. The second-order valence-electron chi connectivity index (χ2n) is 5.60. The molecule has 0 aliphatic carbocycles. The van der Waals surface area contributed by atoms with Crippen LogP contribution < -0.4 is 14.4 Å². The predicted octanol–water partition coefficient (Wildman–Crippen LogP) is 2.54. The van der Waals surface area contributed by atoms with Gasteiger partial charge >= 0.3 is 0 Å². The summed E-state index contributed by atoms with van der Waals surface area (Å²) in [7, 11) is -2.29. The molecule has 1 amide bonds. The molecule has 6 nitrogen and oxygen atoms in total. The molecule has 1 aliphatic rings. The Kier molecular flexibility index (Phi) is 4.38. The third-order valence-corrected chi connectivity index (χ3v) is 5.30. The van der Waals surface area contributed by atoms with Gasteiger partial charge in [0, 0.05) is 18.4 Å². The van der Waals surface area contributed by atoms with E-state index < -0.39 is 15.8 Å². The van der Waals surface area contributed by atoms with Gasteiger partial charge in [0.05, 0.1) is 17.9 Å². The Morgan fingerprint density at radius 3 is 2.68 bits per heavy atom. The largest absolute Gasteiger partial charge is 0.491 e. The van der Waals surface area contributed by atoms with Crippen LogP contribution in [0.3, 0.4) is 0 Å². The van der Waals surface area contributed by atoms with Gasteiger partial charge in [-0.3, -0.25) is 9.52 Å². The molecule has 0 saturated carbocycles. The van der Waals surface area contributed by atoms with E-state index in [1.807, 2.05) is 0 Å². The highest BCUT2D eigenvalue weighted by Crippen LogP contribution is 2.31. The van der Waals surface area contributed by atoms with Crippen LogP contribution >= 0.6 is 0 Å². The molecular formula is C17H17FN2O4S. The summed E-state index contributed by atoms with van der Waals surface area (Å²) in [6, 6.07) is 8.33. The Hall–Kier alpha value is -2.61. The van der Waals surface area contributed by atoms with Crippen LogP contribution in [-0.2, 0) is 21.2 Å². The van der Waals surface area contributed by atoms with Gasteiger partial charge in [-0.2, -0.15) is 0 Å². The summed E-state index contributed by atoms with van der Waals surface area (Å²) in [6.45, 7) is 1.99. The lowest BCUT2D eigenvalue weighted by molar-refractivity contribution is -0.117. The highest BCUT2D eigenvalue weighted by Gasteiger charge is 2.25. The molecule has 0 aromatic heterocycles. The zero-order valence-electron chi connectivity index (χ0n) is 13.7. The minimum atomic E-state index is -3.96. The SMILES string of the molecule is CCOc1ccc(S(=O)(=O)Nc2ccc3c(c2)CC(=O)N3C)cc1F. The lowest BCUT2D eigenvalue weighted by Gasteiger charge is -2.12. The van der Waals surface area contributed by atoms with Gasteiger partial charge in [0.1, 0.15) is 0 Å². The van der Waals surface area contributed by atoms with E-state index in [1.165, 1.54) is 17.0 Å². The first-order chi connectivity index (χ1) is 11.8. The zero-order valence-corrected chi connectivity index (χ0v) is 14.6. The number of amides is 1. The molecule has 0 saturated heterocycles. The van der Waals surface area contributed by atoms with Crippen molar-refractivity contribution in [3.05, 3.63) is 47.8 Å². The smallest absolute Gasteiger partial charge is 0.262 e. The van der Waals surface area contributed by atoms with Gasteiger partial charge < -0.3 is 9.64 Å². The molecule has 1 aliphatic heterocycles. The van der Waals surface area contributed by atoms with Crippen LogP contribution in [0, 0.1) is 5.82 Å². The number of hydrogen-bond donors (Lipinski definition) is 1. The standard InChI is InChI=1S/C17H17FN2O4S/c1-3-24-16-7-5-13(10-14(16)18)25(22,23)19-12-4-6-15-11(8-12)9-17(21)20(15)2/h4-8,10,19H,3,9H2,1-2H3. The van der Waals surface area contributed by atoms with Crippen molar-refractivity contribution in [1.82, 2.24) is 0 Å². The fourth-order valence-electron chi connectivity index (χ4n) is 2.67. The van der Waals surface area contributed by atoms with Crippen molar-refractivity contribution >= 4 is 27.3 Å². The number of sulfonamides is 1. The van der Waals surface area contributed by atoms with E-state index in [0.717, 1.165) is 17.3 Å². The summed E-state index contributed by atoms with van der Waals surface area (Å²) < 4.78 is 46.3. The van der Waals surface area contributed by atoms with Crippen LogP contribution in [0.5, 0.6) is 5.75 Å². The molecule has 0 atom stereocenters. The van der Waals surface area contributed by atoms with Crippen molar-refractivity contribution in [3.8, 4) is 5.75 Å². The van der Waals surface area contributed by atoms with Crippen molar-refractivity contribution in [1.29, 1.82) is 0 Å². The first kappa shape index (κ1) is 17.2. The average Bonchev–Trinajstić information content (AvgIpc) is 2.83. The Bertz CT molecular complexity index is 944. The molecular weight excluding hydrogens is 347 g/mol. The van der Waals surface area contributed by atoms with E-state index in [9.17, 15) is 17.6 Å². The maximum Gasteiger partial charge on any atom is 0.262 e. The van der Waals surface area contributed by atoms with Gasteiger partial charge in [-0.1, -0.05) is 0 Å². The molecule has 1 N–H and O–H groups in total. The third kappa shape index (κ3) is 3.30. The normalized spacial score (nSPS) is 13.7. The van der Waals surface area contributed by atoms with Crippen molar-refractivity contribution in [2.45, 2.75) is 18.2 Å². The van der Waals surface area contributed by atoms with E-state index in [4.69, 9.17) is 4.74 Å². The molecule has 2 aromatic carbocycles. The van der Waals surface area contributed by atoms with Crippen LogP contribution in [0.1, 0.15) is 12.5 Å². The molecule has 0 bridgehead atoms. The Morgan fingerprint density at radius 1 is 1.24 bits per heavy atom. The number of rotatable bonds is 5. The van der Waals surface area contributed by atoms with E-state index in [1.54, 1.807) is 32.2 Å². The van der Waals surface area contributed by atoms with E-state index in [0.29, 0.717) is 5.69 Å². The second kappa shape index (κ2) is 6.36. The van der Waals surface area contributed by atoms with Crippen LogP contribution in [-0.4, -0.2) is 28.0 Å². The highest BCUT2D eigenvalue weighted by atomic mass is 32.2. The number of fused-ring (bicyclic) bond motifs is 1. The van der Waals surface area contributed by atoms with E-state index in [2.05, 4.69) is 4.72 Å². The van der Waals surface area contributed by atoms with Crippen LogP contribution in [0.15, 0.2) is 41.3 Å². The highest BCUT2D eigenvalue weighted by molar-refractivity contribution is 7.92. The van der Waals surface area contributed by atoms with Gasteiger partial charge in [-0.05, 0) is 48.9 Å². The minimum Gasteiger partial charge on any atom is -0.491 e. The summed E-state index contributed by atoms with van der Waals surface area (Å²) >= 11 is 0. The molecule has 8 heteroatoms. The molecule has 0 spiro atoms. The predicted molar refractivity (Wildman–Crippen MR) is 91.9 cm³/mol. The Balaban J connectivity index is 1.86. The number of carbonyl (C=O) groups is 1. The monoisotopic (exact) mass is 364 g/mol. The van der Waals surface area contributed by atoms with Crippen molar-refractivity contribution in [2.24, 2.45) is 0 Å². The lowest BCUT2D eigenvalue weighted by Crippen LogP contribution is -2.20. The second-order valence-corrected chi connectivity index (χ2v) is 7.29. The first-order valence-electron chi connectivity index (χ1n) is 7.66. The summed E-state index contributed by atoms with van der Waals surface area (Å²) in [6.07, 6.45) is 0.221. The van der Waals surface area contributed by atoms with Crippen molar-refractivity contribution in [3.63, 3.8) is 0 Å². The Morgan fingerprint density at radius 2 is 2.00 bits per heavy atom. The van der Waals surface area contributed by atoms with Gasteiger partial charge in [0.15, 0.2) is 11.6 Å². The quantitative estimate of drug-likeness (QED) is 0.885. The number of anilines is 2. The number of carbonyl (C=O) groups excluding carboxylic acids is 1. The van der Waals surface area contributed by atoms with Gasteiger partial charge in [-0.15, -0.1) is 0 Å². The van der Waals surface area contributed by atoms with Crippen LogP contribution in [0.2, 0.25) is 0 Å². The number of nitrogens with one attached hydrogen (secondary N) is 1. The fourth-order valence-corrected chi connectivity index (χ4v) is 3.73. The first-order valence-corrected chi connectivity index (χ1v) is 9.15. The molecule has 25 heavy (non-hydrogen) atoms. The maximum atomic E-state index is 13.9. The number of hydrogen-bond acceptors (Lipinski definition) is 4. The molecule has 3 rings (SSSR count). The van der Waals surface area contributed by atoms with Gasteiger partial charge in [0.2, 0.25) is 5.91 Å². The van der Waals surface area contributed by atoms with Crippen LogP contribution in [0.4, 0.5) is 15.8 Å². The molecule has 2 aromatic rings. The number of nitrogens with zero attached hydrogens (tertiary/aromatic N) is 1. The molecule has 1 heterocycles. The van der Waals surface area contributed by atoms with Crippen LogP contribution in [0.25, 0.3) is 0 Å². The zero-order chi connectivity index (χ0) is 18.2. The minimum absolute atomic E-state index is 0.000491. The Labute approximate surface area is 145 Å². The summed E-state index contributed by atoms with van der Waals surface area (Å²) in [5.74, 6) is -0.796. The summed E-state index contributed by atoms with van der Waals surface area (Å²) in [5, 5.41) is 0. The number of halogens is 1. The van der Waals surface area contributed by atoms with E-state index >= 15 is 0 Å². The molecule has 132 valence electrons. The molecule has 0 unspecified atom stereocenters. The number of ether oxygens (including phenoxy) is 1. The van der Waals surface area contributed by atoms with E-state index in [-0.39, 0.29) is 29.6 Å². The lowest BCUT2D eigenvalue weighted by atomic mass is 10.1. The van der Waals surface area contributed by atoms with Crippen molar-refractivity contribution < 1.29 is 22.3 Å². The van der Waals surface area contributed by atoms with Gasteiger partial charge in [0.25, 0.3) is 10.0 Å². The summed E-state index contributed by atoms with van der Waals surface area (Å²) in [5.41, 5.74) is 1.81. The van der Waals surface area contributed by atoms with Crippen molar-refractivity contribution in [2.75, 3.05) is 23.3 Å².